The summed E-state index contributed by atoms with van der Waals surface area (Å²) in [6.45, 7) is 8.41. The third-order valence-electron chi connectivity index (χ3n) is 6.13. The van der Waals surface area contributed by atoms with Gasteiger partial charge in [0.15, 0.2) is 11.5 Å². The summed E-state index contributed by atoms with van der Waals surface area (Å²) < 4.78 is 37.9. The first-order valence-corrected chi connectivity index (χ1v) is 13.0. The molecule has 0 aromatic heterocycles. The van der Waals surface area contributed by atoms with Crippen molar-refractivity contribution in [1.29, 1.82) is 0 Å². The SMILES string of the molecule is COc1ccc(S(=O)(=O)N(C)c2ccc(C(=O)N[C@@H](C)c3ccc(C(C)(C)C)cc3)cc2)cc1OC. The molecule has 36 heavy (non-hydrogen) atoms. The Balaban J connectivity index is 1.73. The Morgan fingerprint density at radius 3 is 2.00 bits per heavy atom. The first kappa shape index (κ1) is 27.1. The Labute approximate surface area is 214 Å². The van der Waals surface area contributed by atoms with Crippen molar-refractivity contribution in [2.24, 2.45) is 0 Å². The van der Waals surface area contributed by atoms with Crippen molar-refractivity contribution in [3.63, 3.8) is 0 Å². The minimum Gasteiger partial charge on any atom is -0.493 e. The molecule has 3 rings (SSSR count). The van der Waals surface area contributed by atoms with E-state index in [-0.39, 0.29) is 22.3 Å². The monoisotopic (exact) mass is 510 g/mol. The number of rotatable bonds is 8. The number of benzene rings is 3. The van der Waals surface area contributed by atoms with Gasteiger partial charge < -0.3 is 14.8 Å². The average molecular weight is 511 g/mol. The number of methoxy groups -OCH3 is 2. The molecule has 3 aromatic carbocycles. The number of hydrogen-bond donors (Lipinski definition) is 1. The van der Waals surface area contributed by atoms with Gasteiger partial charge in [-0.2, -0.15) is 0 Å². The van der Waals surface area contributed by atoms with E-state index in [0.717, 1.165) is 9.87 Å². The molecular formula is C28H34N2O5S. The maximum absolute atomic E-state index is 13.2. The predicted octanol–water partition coefficient (Wildman–Crippen LogP) is 5.32. The lowest BCUT2D eigenvalue weighted by Gasteiger charge is -2.21. The van der Waals surface area contributed by atoms with Gasteiger partial charge in [-0.05, 0) is 59.9 Å². The molecule has 0 fully saturated rings. The molecule has 0 radical (unpaired) electrons. The van der Waals surface area contributed by atoms with E-state index in [9.17, 15) is 13.2 Å². The first-order valence-electron chi connectivity index (χ1n) is 11.6. The Bertz CT molecular complexity index is 1310. The minimum absolute atomic E-state index is 0.0623. The van der Waals surface area contributed by atoms with Crippen molar-refractivity contribution >= 4 is 21.6 Å². The van der Waals surface area contributed by atoms with Gasteiger partial charge >= 0.3 is 0 Å². The van der Waals surface area contributed by atoms with Crippen LogP contribution in [0.5, 0.6) is 11.5 Å². The maximum Gasteiger partial charge on any atom is 0.264 e. The van der Waals surface area contributed by atoms with Gasteiger partial charge in [-0.3, -0.25) is 9.10 Å². The molecule has 0 aliphatic heterocycles. The zero-order valence-corrected chi connectivity index (χ0v) is 22.6. The van der Waals surface area contributed by atoms with E-state index in [4.69, 9.17) is 9.47 Å². The van der Waals surface area contributed by atoms with Crippen LogP contribution in [0.25, 0.3) is 0 Å². The van der Waals surface area contributed by atoms with Gasteiger partial charge in [-0.15, -0.1) is 0 Å². The number of hydrogen-bond acceptors (Lipinski definition) is 5. The normalized spacial score (nSPS) is 12.5. The Kier molecular flexibility index (Phi) is 7.99. The van der Waals surface area contributed by atoms with Crippen molar-refractivity contribution in [1.82, 2.24) is 5.32 Å². The molecule has 0 saturated carbocycles. The highest BCUT2D eigenvalue weighted by Crippen LogP contribution is 2.32. The maximum atomic E-state index is 13.2. The van der Waals surface area contributed by atoms with Crippen LogP contribution in [0, 0.1) is 0 Å². The summed E-state index contributed by atoms with van der Waals surface area (Å²) >= 11 is 0. The molecule has 8 heteroatoms. The fourth-order valence-corrected chi connectivity index (χ4v) is 4.94. The third-order valence-corrected chi connectivity index (χ3v) is 7.91. The molecule has 192 valence electrons. The molecule has 0 aliphatic carbocycles. The number of amides is 1. The van der Waals surface area contributed by atoms with Crippen molar-refractivity contribution in [2.75, 3.05) is 25.6 Å². The van der Waals surface area contributed by atoms with Crippen LogP contribution in [0.3, 0.4) is 0 Å². The largest absolute Gasteiger partial charge is 0.493 e. The van der Waals surface area contributed by atoms with E-state index in [1.165, 1.54) is 39.0 Å². The number of nitrogens with zero attached hydrogens (tertiary/aromatic N) is 1. The highest BCUT2D eigenvalue weighted by Gasteiger charge is 2.23. The molecule has 7 nitrogen and oxygen atoms in total. The standard InChI is InChI=1S/C28H34N2O5S/c1-19(20-8-12-22(13-9-20)28(2,3)4)29-27(31)21-10-14-23(15-11-21)30(5)36(32,33)24-16-17-25(34-6)26(18-24)35-7/h8-19H,1-7H3,(H,29,31)/t19-/m0/s1. The molecule has 0 aliphatic rings. The molecule has 0 saturated heterocycles. The average Bonchev–Trinajstić information content (AvgIpc) is 2.87. The summed E-state index contributed by atoms with van der Waals surface area (Å²) in [5.74, 6) is 0.523. The first-order chi connectivity index (χ1) is 16.9. The molecule has 0 heterocycles. The van der Waals surface area contributed by atoms with Crippen molar-refractivity contribution in [3.05, 3.63) is 83.4 Å². The van der Waals surface area contributed by atoms with Gasteiger partial charge in [0, 0.05) is 18.7 Å². The topological polar surface area (TPSA) is 84.9 Å². The van der Waals surface area contributed by atoms with Crippen LogP contribution in [-0.2, 0) is 15.4 Å². The molecule has 0 bridgehead atoms. The van der Waals surface area contributed by atoms with E-state index >= 15 is 0 Å². The predicted molar refractivity (Wildman–Crippen MR) is 143 cm³/mol. The molecular weight excluding hydrogens is 476 g/mol. The van der Waals surface area contributed by atoms with Crippen molar-refractivity contribution in [2.45, 2.75) is 44.0 Å². The molecule has 3 aromatic rings. The number of carbonyl (C=O) groups excluding carboxylic acids is 1. The van der Waals surface area contributed by atoms with E-state index in [2.05, 4.69) is 38.2 Å². The van der Waals surface area contributed by atoms with Gasteiger partial charge in [0.25, 0.3) is 15.9 Å². The van der Waals surface area contributed by atoms with Crippen LogP contribution in [0.2, 0.25) is 0 Å². The number of sulfonamides is 1. The van der Waals surface area contributed by atoms with Crippen LogP contribution in [-0.4, -0.2) is 35.6 Å². The quantitative estimate of drug-likeness (QED) is 0.444. The molecule has 1 atom stereocenters. The second-order valence-electron chi connectivity index (χ2n) is 9.60. The van der Waals surface area contributed by atoms with Gasteiger partial charge in [0.2, 0.25) is 0 Å². The number of ether oxygens (including phenoxy) is 2. The lowest BCUT2D eigenvalue weighted by atomic mass is 9.86. The van der Waals surface area contributed by atoms with Gasteiger partial charge in [0.1, 0.15) is 0 Å². The van der Waals surface area contributed by atoms with Crippen LogP contribution in [0.4, 0.5) is 5.69 Å². The summed E-state index contributed by atoms with van der Waals surface area (Å²) in [6.07, 6.45) is 0. The lowest BCUT2D eigenvalue weighted by molar-refractivity contribution is 0.0940. The molecule has 1 N–H and O–H groups in total. The second-order valence-corrected chi connectivity index (χ2v) is 11.6. The summed E-state index contributed by atoms with van der Waals surface area (Å²) in [7, 11) is 0.541. The lowest BCUT2D eigenvalue weighted by Crippen LogP contribution is -2.28. The van der Waals surface area contributed by atoms with Crippen molar-refractivity contribution in [3.8, 4) is 11.5 Å². The zero-order valence-electron chi connectivity index (χ0n) is 21.8. The Hall–Kier alpha value is -3.52. The smallest absolute Gasteiger partial charge is 0.264 e. The van der Waals surface area contributed by atoms with Crippen LogP contribution < -0.4 is 19.1 Å². The highest BCUT2D eigenvalue weighted by atomic mass is 32.2. The van der Waals surface area contributed by atoms with Crippen LogP contribution in [0.15, 0.2) is 71.6 Å². The minimum atomic E-state index is -3.85. The summed E-state index contributed by atoms with van der Waals surface area (Å²) in [5.41, 5.74) is 3.16. The summed E-state index contributed by atoms with van der Waals surface area (Å²) in [4.78, 5) is 12.9. The van der Waals surface area contributed by atoms with Gasteiger partial charge in [-0.25, -0.2) is 8.42 Å². The number of nitrogens with one attached hydrogen (secondary N) is 1. The highest BCUT2D eigenvalue weighted by molar-refractivity contribution is 7.92. The van der Waals surface area contributed by atoms with Crippen molar-refractivity contribution < 1.29 is 22.7 Å². The molecule has 1 amide bonds. The number of carbonyl (C=O) groups is 1. The van der Waals surface area contributed by atoms with Crippen LogP contribution >= 0.6 is 0 Å². The van der Waals surface area contributed by atoms with E-state index in [1.54, 1.807) is 30.3 Å². The Morgan fingerprint density at radius 1 is 0.889 bits per heavy atom. The van der Waals surface area contributed by atoms with Gasteiger partial charge in [0.05, 0.1) is 30.8 Å². The van der Waals surface area contributed by atoms with E-state index in [0.29, 0.717) is 22.7 Å². The Morgan fingerprint density at radius 2 is 1.47 bits per heavy atom. The fraction of sp³-hybridized carbons (Fsp3) is 0.321. The van der Waals surface area contributed by atoms with E-state index in [1.807, 2.05) is 19.1 Å². The van der Waals surface area contributed by atoms with Crippen LogP contribution in [0.1, 0.15) is 55.2 Å². The third kappa shape index (κ3) is 5.82. The summed E-state index contributed by atoms with van der Waals surface area (Å²) in [6, 6.07) is 18.9. The summed E-state index contributed by atoms with van der Waals surface area (Å²) in [5, 5.41) is 3.00. The fourth-order valence-electron chi connectivity index (χ4n) is 3.73. The molecule has 0 spiro atoms. The molecule has 0 unspecified atom stereocenters. The van der Waals surface area contributed by atoms with Gasteiger partial charge in [-0.1, -0.05) is 45.0 Å². The number of anilines is 1. The zero-order chi connectivity index (χ0) is 26.7. The second kappa shape index (κ2) is 10.6. The van der Waals surface area contributed by atoms with E-state index < -0.39 is 10.0 Å².